The van der Waals surface area contributed by atoms with Gasteiger partial charge in [-0.05, 0) is 24.1 Å². The van der Waals surface area contributed by atoms with Gasteiger partial charge in [0.05, 0.1) is 7.11 Å². The third-order valence-electron chi connectivity index (χ3n) is 2.86. The van der Waals surface area contributed by atoms with E-state index in [1.54, 1.807) is 19.2 Å². The first kappa shape index (κ1) is 10.5. The third kappa shape index (κ3) is 1.53. The van der Waals surface area contributed by atoms with Crippen molar-refractivity contribution in [3.63, 3.8) is 0 Å². The number of carbonyl (C=O) groups is 1. The number of aliphatic carboxylic acids is 1. The summed E-state index contributed by atoms with van der Waals surface area (Å²) in [6.45, 7) is 0. The number of rotatable bonds is 3. The highest BCUT2D eigenvalue weighted by molar-refractivity contribution is 9.09. The number of halogens is 1. The van der Waals surface area contributed by atoms with Crippen LogP contribution in [0.4, 0.5) is 0 Å². The van der Waals surface area contributed by atoms with Crippen molar-refractivity contribution < 1.29 is 14.6 Å². The van der Waals surface area contributed by atoms with Crippen molar-refractivity contribution in [1.82, 2.24) is 0 Å². The summed E-state index contributed by atoms with van der Waals surface area (Å²) < 4.78 is 5.03. The van der Waals surface area contributed by atoms with Crippen LogP contribution in [0.15, 0.2) is 24.3 Å². The summed E-state index contributed by atoms with van der Waals surface area (Å²) >= 11 is 3.37. The zero-order chi connectivity index (χ0) is 11.1. The van der Waals surface area contributed by atoms with E-state index in [9.17, 15) is 9.90 Å². The number of hydrogen-bond donors (Lipinski definition) is 1. The molecule has 1 aliphatic rings. The predicted molar refractivity (Wildman–Crippen MR) is 59.6 cm³/mol. The Morgan fingerprint density at radius 1 is 1.53 bits per heavy atom. The molecular formula is C11H11BrO3. The molecule has 2 rings (SSSR count). The summed E-state index contributed by atoms with van der Waals surface area (Å²) in [5, 5.41) is 9.19. The van der Waals surface area contributed by atoms with Crippen LogP contribution in [0.1, 0.15) is 12.0 Å². The van der Waals surface area contributed by atoms with Gasteiger partial charge >= 0.3 is 5.97 Å². The molecule has 80 valence electrons. The van der Waals surface area contributed by atoms with Crippen LogP contribution in [0.3, 0.4) is 0 Å². The van der Waals surface area contributed by atoms with E-state index in [1.165, 1.54) is 0 Å². The minimum atomic E-state index is -0.769. The molecule has 1 saturated carbocycles. The van der Waals surface area contributed by atoms with Gasteiger partial charge in [-0.25, -0.2) is 0 Å². The van der Waals surface area contributed by atoms with E-state index in [0.717, 1.165) is 11.3 Å². The van der Waals surface area contributed by atoms with E-state index in [2.05, 4.69) is 15.9 Å². The number of methoxy groups -OCH3 is 1. The largest absolute Gasteiger partial charge is 0.497 e. The fourth-order valence-corrected chi connectivity index (χ4v) is 2.73. The van der Waals surface area contributed by atoms with Crippen molar-refractivity contribution in [2.75, 3.05) is 7.11 Å². The van der Waals surface area contributed by atoms with Crippen LogP contribution in [0, 0.1) is 0 Å². The maximum atomic E-state index is 11.2. The number of ether oxygens (including phenoxy) is 1. The average molecular weight is 271 g/mol. The molecule has 1 fully saturated rings. The fraction of sp³-hybridized carbons (Fsp3) is 0.364. The van der Waals surface area contributed by atoms with E-state index < -0.39 is 11.4 Å². The zero-order valence-corrected chi connectivity index (χ0v) is 9.82. The summed E-state index contributed by atoms with van der Waals surface area (Å²) in [6, 6.07) is 7.21. The van der Waals surface area contributed by atoms with Crippen molar-refractivity contribution >= 4 is 21.9 Å². The second kappa shape index (κ2) is 3.52. The molecule has 0 amide bonds. The highest BCUT2D eigenvalue weighted by Gasteiger charge is 2.60. The highest BCUT2D eigenvalue weighted by atomic mass is 79.9. The monoisotopic (exact) mass is 270 g/mol. The Morgan fingerprint density at radius 2 is 2.07 bits per heavy atom. The van der Waals surface area contributed by atoms with E-state index in [0.29, 0.717) is 6.42 Å². The van der Waals surface area contributed by atoms with E-state index >= 15 is 0 Å². The molecule has 3 nitrogen and oxygen atoms in total. The fourth-order valence-electron chi connectivity index (χ4n) is 1.76. The number of carboxylic acids is 1. The molecule has 0 bridgehead atoms. The minimum Gasteiger partial charge on any atom is -0.497 e. The molecule has 4 heteroatoms. The molecule has 2 atom stereocenters. The third-order valence-corrected chi connectivity index (χ3v) is 3.97. The van der Waals surface area contributed by atoms with Gasteiger partial charge in [0.1, 0.15) is 11.2 Å². The Morgan fingerprint density at radius 3 is 2.40 bits per heavy atom. The second-order valence-electron chi connectivity index (χ2n) is 3.68. The molecule has 1 aromatic rings. The topological polar surface area (TPSA) is 46.5 Å². The van der Waals surface area contributed by atoms with Gasteiger partial charge in [0.15, 0.2) is 0 Å². The van der Waals surface area contributed by atoms with Gasteiger partial charge in [-0.1, -0.05) is 28.1 Å². The number of benzene rings is 1. The molecular weight excluding hydrogens is 260 g/mol. The number of alkyl halides is 1. The average Bonchev–Trinajstić information content (AvgIpc) is 2.92. The molecule has 0 aliphatic heterocycles. The summed E-state index contributed by atoms with van der Waals surface area (Å²) in [4.78, 5) is 11.2. The molecule has 1 aromatic carbocycles. The van der Waals surface area contributed by atoms with Crippen LogP contribution in [0.2, 0.25) is 0 Å². The minimum absolute atomic E-state index is 0.0379. The van der Waals surface area contributed by atoms with Gasteiger partial charge in [-0.15, -0.1) is 0 Å². The van der Waals surface area contributed by atoms with E-state index in [4.69, 9.17) is 4.74 Å². The molecule has 0 saturated heterocycles. The van der Waals surface area contributed by atoms with E-state index in [-0.39, 0.29) is 4.83 Å². The SMILES string of the molecule is COc1ccc(C2(C(=O)O)CC2Br)cc1. The standard InChI is InChI=1S/C11H11BrO3/c1-15-8-4-2-7(3-5-8)11(10(13)14)6-9(11)12/h2-5,9H,6H2,1H3,(H,13,14). The van der Waals surface area contributed by atoms with Crippen LogP contribution in [0.5, 0.6) is 5.75 Å². The molecule has 1 aliphatic carbocycles. The van der Waals surface area contributed by atoms with Gasteiger partial charge in [0.2, 0.25) is 0 Å². The smallest absolute Gasteiger partial charge is 0.315 e. The summed E-state index contributed by atoms with van der Waals surface area (Å²) in [5.74, 6) is -0.0272. The predicted octanol–water partition coefficient (Wildman–Crippen LogP) is 2.18. The van der Waals surface area contributed by atoms with Crippen molar-refractivity contribution in [3.05, 3.63) is 29.8 Å². The first-order chi connectivity index (χ1) is 7.11. The maximum Gasteiger partial charge on any atom is 0.315 e. The number of hydrogen-bond acceptors (Lipinski definition) is 2. The van der Waals surface area contributed by atoms with Gasteiger partial charge in [-0.3, -0.25) is 4.79 Å². The Bertz CT molecular complexity index is 387. The highest BCUT2D eigenvalue weighted by Crippen LogP contribution is 2.53. The number of carboxylic acid groups (broad SMARTS) is 1. The van der Waals surface area contributed by atoms with Crippen molar-refractivity contribution in [3.8, 4) is 5.75 Å². The Hall–Kier alpha value is -1.03. The van der Waals surface area contributed by atoms with Gasteiger partial charge in [0, 0.05) is 4.83 Å². The Labute approximate surface area is 96.2 Å². The van der Waals surface area contributed by atoms with Crippen molar-refractivity contribution in [2.45, 2.75) is 16.7 Å². The lowest BCUT2D eigenvalue weighted by Gasteiger charge is -2.11. The molecule has 0 spiro atoms. The maximum absolute atomic E-state index is 11.2. The lowest BCUT2D eigenvalue weighted by atomic mass is 9.96. The normalized spacial score (nSPS) is 28.5. The lowest BCUT2D eigenvalue weighted by Crippen LogP contribution is -2.22. The Kier molecular flexibility index (Phi) is 2.46. The van der Waals surface area contributed by atoms with Crippen molar-refractivity contribution in [2.24, 2.45) is 0 Å². The Balaban J connectivity index is 2.33. The van der Waals surface area contributed by atoms with E-state index in [1.807, 2.05) is 12.1 Å². The first-order valence-corrected chi connectivity index (χ1v) is 5.55. The summed E-state index contributed by atoms with van der Waals surface area (Å²) in [7, 11) is 1.59. The van der Waals surface area contributed by atoms with Crippen molar-refractivity contribution in [1.29, 1.82) is 0 Å². The van der Waals surface area contributed by atoms with Crippen LogP contribution in [-0.2, 0) is 10.2 Å². The van der Waals surface area contributed by atoms with Gasteiger partial charge in [0.25, 0.3) is 0 Å². The van der Waals surface area contributed by atoms with Crippen LogP contribution >= 0.6 is 15.9 Å². The second-order valence-corrected chi connectivity index (χ2v) is 4.78. The molecule has 1 N–H and O–H groups in total. The van der Waals surface area contributed by atoms with Crippen LogP contribution in [-0.4, -0.2) is 23.0 Å². The summed E-state index contributed by atoms with van der Waals surface area (Å²) in [6.07, 6.45) is 0.647. The molecule has 0 aromatic heterocycles. The summed E-state index contributed by atoms with van der Waals surface area (Å²) in [5.41, 5.74) is 0.101. The van der Waals surface area contributed by atoms with Crippen LogP contribution < -0.4 is 4.74 Å². The van der Waals surface area contributed by atoms with Gasteiger partial charge in [-0.2, -0.15) is 0 Å². The van der Waals surface area contributed by atoms with Crippen LogP contribution in [0.25, 0.3) is 0 Å². The molecule has 0 radical (unpaired) electrons. The van der Waals surface area contributed by atoms with Gasteiger partial charge < -0.3 is 9.84 Å². The molecule has 2 unspecified atom stereocenters. The molecule has 15 heavy (non-hydrogen) atoms. The first-order valence-electron chi connectivity index (χ1n) is 4.63. The lowest BCUT2D eigenvalue weighted by molar-refractivity contribution is -0.139. The molecule has 0 heterocycles. The zero-order valence-electron chi connectivity index (χ0n) is 8.24. The quantitative estimate of drug-likeness (QED) is 0.857.